The zero-order valence-corrected chi connectivity index (χ0v) is 13.0. The van der Waals surface area contributed by atoms with E-state index in [0.717, 1.165) is 0 Å². The summed E-state index contributed by atoms with van der Waals surface area (Å²) in [5.74, 6) is 0.471. The van der Waals surface area contributed by atoms with E-state index in [0.29, 0.717) is 44.2 Å². The largest absolute Gasteiger partial charge is 0.450 e. The van der Waals surface area contributed by atoms with Gasteiger partial charge in [0.2, 0.25) is 0 Å². The maximum atomic E-state index is 12.1. The average molecular weight is 323 g/mol. The standard InChI is InChI=1S/C14H17N3O4S/c1-2-21-14(18)17-9-7-16(8-10-17)13-11-5-3-4-6-12(11)22(19,20)15-13/h3-6H,2,7-10H2,1H3. The van der Waals surface area contributed by atoms with E-state index >= 15 is 0 Å². The summed E-state index contributed by atoms with van der Waals surface area (Å²) < 4.78 is 33.0. The summed E-state index contributed by atoms with van der Waals surface area (Å²) >= 11 is 0. The fourth-order valence-electron chi connectivity index (χ4n) is 2.63. The molecule has 2 aliphatic rings. The number of carbonyl (C=O) groups is 1. The fraction of sp³-hybridized carbons (Fsp3) is 0.429. The van der Waals surface area contributed by atoms with Crippen molar-refractivity contribution in [2.75, 3.05) is 32.8 Å². The maximum Gasteiger partial charge on any atom is 0.409 e. The molecule has 1 aromatic rings. The van der Waals surface area contributed by atoms with Crippen LogP contribution in [0.5, 0.6) is 0 Å². The summed E-state index contributed by atoms with van der Waals surface area (Å²) in [6, 6.07) is 6.81. The Bertz CT molecular complexity index is 721. The van der Waals surface area contributed by atoms with Crippen LogP contribution in [0, 0.1) is 0 Å². The Morgan fingerprint density at radius 1 is 1.23 bits per heavy atom. The Morgan fingerprint density at radius 3 is 2.59 bits per heavy atom. The minimum Gasteiger partial charge on any atom is -0.450 e. The highest BCUT2D eigenvalue weighted by molar-refractivity contribution is 7.90. The van der Waals surface area contributed by atoms with Crippen LogP contribution in [0.15, 0.2) is 33.6 Å². The van der Waals surface area contributed by atoms with Crippen molar-refractivity contribution in [2.24, 2.45) is 4.40 Å². The van der Waals surface area contributed by atoms with Crippen LogP contribution < -0.4 is 0 Å². The fourth-order valence-corrected chi connectivity index (χ4v) is 3.86. The van der Waals surface area contributed by atoms with Crippen molar-refractivity contribution >= 4 is 22.0 Å². The van der Waals surface area contributed by atoms with Gasteiger partial charge in [0.25, 0.3) is 10.0 Å². The number of amidine groups is 1. The van der Waals surface area contributed by atoms with Crippen LogP contribution in [0.4, 0.5) is 4.79 Å². The van der Waals surface area contributed by atoms with E-state index in [9.17, 15) is 13.2 Å². The first-order valence-corrected chi connectivity index (χ1v) is 8.58. The number of hydrogen-bond donors (Lipinski definition) is 0. The third kappa shape index (κ3) is 2.54. The molecule has 22 heavy (non-hydrogen) atoms. The minimum atomic E-state index is -3.60. The van der Waals surface area contributed by atoms with Crippen molar-refractivity contribution in [3.8, 4) is 0 Å². The maximum absolute atomic E-state index is 12.1. The summed E-state index contributed by atoms with van der Waals surface area (Å²) in [6.45, 7) is 4.14. The van der Waals surface area contributed by atoms with Crippen molar-refractivity contribution in [2.45, 2.75) is 11.8 Å². The molecule has 1 aromatic carbocycles. The number of sulfonamides is 1. The molecular formula is C14H17N3O4S. The molecule has 0 radical (unpaired) electrons. The molecule has 1 fully saturated rings. The summed E-state index contributed by atoms with van der Waals surface area (Å²) in [6.07, 6.45) is -0.330. The van der Waals surface area contributed by atoms with Gasteiger partial charge in [-0.25, -0.2) is 4.79 Å². The highest BCUT2D eigenvalue weighted by Crippen LogP contribution is 2.27. The zero-order valence-electron chi connectivity index (χ0n) is 12.2. The lowest BCUT2D eigenvalue weighted by molar-refractivity contribution is 0.0921. The predicted molar refractivity (Wildman–Crippen MR) is 80.3 cm³/mol. The number of ether oxygens (including phenoxy) is 1. The van der Waals surface area contributed by atoms with Gasteiger partial charge < -0.3 is 14.5 Å². The first-order chi connectivity index (χ1) is 10.5. The van der Waals surface area contributed by atoms with Crippen LogP contribution in [0.1, 0.15) is 12.5 Å². The Balaban J connectivity index is 1.77. The molecule has 7 nitrogen and oxygen atoms in total. The van der Waals surface area contributed by atoms with Gasteiger partial charge in [0, 0.05) is 31.7 Å². The average Bonchev–Trinajstić information content (AvgIpc) is 2.80. The predicted octanol–water partition coefficient (Wildman–Crippen LogP) is 0.910. The van der Waals surface area contributed by atoms with E-state index in [1.807, 2.05) is 4.90 Å². The third-order valence-electron chi connectivity index (χ3n) is 3.72. The van der Waals surface area contributed by atoms with Gasteiger partial charge in [-0.1, -0.05) is 12.1 Å². The van der Waals surface area contributed by atoms with Gasteiger partial charge in [0.15, 0.2) is 5.84 Å². The zero-order chi connectivity index (χ0) is 15.7. The van der Waals surface area contributed by atoms with Gasteiger partial charge in [-0.2, -0.15) is 8.42 Å². The van der Waals surface area contributed by atoms with Crippen LogP contribution in [-0.4, -0.2) is 62.9 Å². The molecule has 0 aromatic heterocycles. The van der Waals surface area contributed by atoms with E-state index in [-0.39, 0.29) is 11.0 Å². The van der Waals surface area contributed by atoms with E-state index in [2.05, 4.69) is 4.40 Å². The second-order valence-electron chi connectivity index (χ2n) is 5.06. The van der Waals surface area contributed by atoms with Gasteiger partial charge in [0.05, 0.1) is 6.61 Å². The van der Waals surface area contributed by atoms with E-state index in [4.69, 9.17) is 4.74 Å². The summed E-state index contributed by atoms with van der Waals surface area (Å²) in [5.41, 5.74) is 0.632. The Labute approximate surface area is 129 Å². The van der Waals surface area contributed by atoms with Crippen LogP contribution in [-0.2, 0) is 14.8 Å². The van der Waals surface area contributed by atoms with E-state index < -0.39 is 10.0 Å². The highest BCUT2D eigenvalue weighted by Gasteiger charge is 2.33. The summed E-state index contributed by atoms with van der Waals surface area (Å²) in [4.78, 5) is 15.5. The second kappa shape index (κ2) is 5.60. The molecule has 3 rings (SSSR count). The molecule has 0 atom stereocenters. The number of nitrogens with zero attached hydrogens (tertiary/aromatic N) is 3. The third-order valence-corrected chi connectivity index (χ3v) is 5.04. The lowest BCUT2D eigenvalue weighted by Gasteiger charge is -2.35. The molecule has 0 saturated carbocycles. The summed E-state index contributed by atoms with van der Waals surface area (Å²) in [5, 5.41) is 0. The SMILES string of the molecule is CCOC(=O)N1CCN(C2=NS(=O)(=O)c3ccccc32)CC1. The minimum absolute atomic E-state index is 0.248. The lowest BCUT2D eigenvalue weighted by atomic mass is 10.1. The second-order valence-corrected chi connectivity index (χ2v) is 6.63. The highest BCUT2D eigenvalue weighted by atomic mass is 32.2. The molecule has 0 spiro atoms. The molecule has 1 amide bonds. The van der Waals surface area contributed by atoms with Crippen LogP contribution in [0.2, 0.25) is 0 Å². The van der Waals surface area contributed by atoms with Crippen molar-refractivity contribution in [3.63, 3.8) is 0 Å². The van der Waals surface area contributed by atoms with Crippen molar-refractivity contribution in [3.05, 3.63) is 29.8 Å². The normalized spacial score (nSPS) is 19.6. The van der Waals surface area contributed by atoms with Crippen LogP contribution in [0.3, 0.4) is 0 Å². The molecule has 1 saturated heterocycles. The Kier molecular flexibility index (Phi) is 3.78. The quantitative estimate of drug-likeness (QED) is 0.767. The lowest BCUT2D eigenvalue weighted by Crippen LogP contribution is -2.50. The monoisotopic (exact) mass is 323 g/mol. The molecule has 0 N–H and O–H groups in total. The van der Waals surface area contributed by atoms with Gasteiger partial charge in [-0.3, -0.25) is 0 Å². The number of piperazine rings is 1. The van der Waals surface area contributed by atoms with E-state index in [1.54, 1.807) is 36.1 Å². The number of fused-ring (bicyclic) bond motifs is 1. The van der Waals surface area contributed by atoms with Gasteiger partial charge in [0.1, 0.15) is 4.90 Å². The van der Waals surface area contributed by atoms with Crippen molar-refractivity contribution in [1.29, 1.82) is 0 Å². The molecule has 0 aliphatic carbocycles. The first-order valence-electron chi connectivity index (χ1n) is 7.14. The molecule has 8 heteroatoms. The molecule has 2 aliphatic heterocycles. The molecule has 2 heterocycles. The van der Waals surface area contributed by atoms with Crippen LogP contribution in [0.25, 0.3) is 0 Å². The Morgan fingerprint density at radius 2 is 1.91 bits per heavy atom. The number of rotatable bonds is 1. The van der Waals surface area contributed by atoms with Crippen molar-refractivity contribution < 1.29 is 17.9 Å². The number of benzene rings is 1. The topological polar surface area (TPSA) is 79.3 Å². The molecule has 0 unspecified atom stereocenters. The first kappa shape index (κ1) is 14.8. The molecule has 118 valence electrons. The van der Waals surface area contributed by atoms with Gasteiger partial charge in [-0.05, 0) is 19.1 Å². The number of hydrogen-bond acceptors (Lipinski definition) is 5. The smallest absolute Gasteiger partial charge is 0.409 e. The van der Waals surface area contributed by atoms with Crippen molar-refractivity contribution in [1.82, 2.24) is 9.80 Å². The van der Waals surface area contributed by atoms with Gasteiger partial charge >= 0.3 is 6.09 Å². The van der Waals surface area contributed by atoms with Gasteiger partial charge in [-0.15, -0.1) is 4.40 Å². The summed E-state index contributed by atoms with van der Waals surface area (Å²) in [7, 11) is -3.60. The molecule has 0 bridgehead atoms. The number of carbonyl (C=O) groups excluding carboxylic acids is 1. The number of amides is 1. The van der Waals surface area contributed by atoms with Crippen LogP contribution >= 0.6 is 0 Å². The Hall–Kier alpha value is -2.09. The molecular weight excluding hydrogens is 306 g/mol. The van der Waals surface area contributed by atoms with E-state index in [1.165, 1.54) is 0 Å².